The average Bonchev–Trinajstić information content (AvgIpc) is 2.09. The van der Waals surface area contributed by atoms with Crippen LogP contribution in [0.5, 0.6) is 0 Å². The van der Waals surface area contributed by atoms with Crippen molar-refractivity contribution in [3.63, 3.8) is 0 Å². The number of nitrogens with two attached hydrogens (primary N) is 1. The Bertz CT molecular complexity index is 192. The summed E-state index contributed by atoms with van der Waals surface area (Å²) < 4.78 is 5.14. The molecule has 0 saturated carbocycles. The molecule has 1 unspecified atom stereocenters. The third-order valence-corrected chi connectivity index (χ3v) is 2.57. The van der Waals surface area contributed by atoms with E-state index in [1.807, 2.05) is 20.8 Å². The van der Waals surface area contributed by atoms with Crippen molar-refractivity contribution < 1.29 is 9.53 Å². The van der Waals surface area contributed by atoms with Gasteiger partial charge in [0, 0.05) is 12.3 Å². The van der Waals surface area contributed by atoms with Crippen LogP contribution in [0.2, 0.25) is 0 Å². The second kappa shape index (κ2) is 6.95. The molecule has 4 nitrogen and oxygen atoms in total. The van der Waals surface area contributed by atoms with Crippen LogP contribution in [0.25, 0.3) is 0 Å². The molecule has 0 aliphatic carbocycles. The molecule has 0 aromatic carbocycles. The summed E-state index contributed by atoms with van der Waals surface area (Å²) in [5.74, 6) is 1.85. The molecule has 1 atom stereocenters. The Kier molecular flexibility index (Phi) is 6.76. The van der Waals surface area contributed by atoms with E-state index in [9.17, 15) is 4.79 Å². The molecule has 1 amide bonds. The Morgan fingerprint density at radius 1 is 1.53 bits per heavy atom. The lowest BCUT2D eigenvalue weighted by atomic mass is 10.2. The number of thioether (sulfide) groups is 1. The Balaban J connectivity index is 3.91. The smallest absolute Gasteiger partial charge is 0.407 e. The lowest BCUT2D eigenvalue weighted by molar-refractivity contribution is 0.0511. The van der Waals surface area contributed by atoms with Gasteiger partial charge in [-0.15, -0.1) is 0 Å². The van der Waals surface area contributed by atoms with Crippen LogP contribution in [-0.4, -0.2) is 35.8 Å². The molecule has 3 N–H and O–H groups in total. The quantitative estimate of drug-likeness (QED) is 0.758. The summed E-state index contributed by atoms with van der Waals surface area (Å²) in [6.07, 6.45) is -0.394. The van der Waals surface area contributed by atoms with Gasteiger partial charge < -0.3 is 15.8 Å². The molecule has 0 spiro atoms. The summed E-state index contributed by atoms with van der Waals surface area (Å²) in [6.45, 7) is 8.03. The third-order valence-electron chi connectivity index (χ3n) is 1.53. The van der Waals surface area contributed by atoms with Gasteiger partial charge in [-0.05, 0) is 26.5 Å². The minimum atomic E-state index is -0.457. The molecule has 0 bridgehead atoms. The van der Waals surface area contributed by atoms with E-state index in [-0.39, 0.29) is 6.04 Å². The summed E-state index contributed by atoms with van der Waals surface area (Å²) in [4.78, 5) is 11.4. The van der Waals surface area contributed by atoms with E-state index < -0.39 is 11.7 Å². The Morgan fingerprint density at radius 2 is 2.13 bits per heavy atom. The molecular weight excluding hydrogens is 212 g/mol. The molecule has 90 valence electrons. The minimum absolute atomic E-state index is 0.00944. The molecule has 5 heteroatoms. The fourth-order valence-corrected chi connectivity index (χ4v) is 1.64. The molecule has 0 radical (unpaired) electrons. The first kappa shape index (κ1) is 14.6. The van der Waals surface area contributed by atoms with Crippen LogP contribution in [-0.2, 0) is 4.74 Å². The Hall–Kier alpha value is -0.420. The number of hydrogen-bond acceptors (Lipinski definition) is 4. The van der Waals surface area contributed by atoms with E-state index >= 15 is 0 Å². The van der Waals surface area contributed by atoms with Gasteiger partial charge in [0.2, 0.25) is 0 Å². The van der Waals surface area contributed by atoms with E-state index in [0.717, 1.165) is 11.5 Å². The van der Waals surface area contributed by atoms with Crippen molar-refractivity contribution in [2.75, 3.05) is 18.1 Å². The highest BCUT2D eigenvalue weighted by atomic mass is 32.2. The zero-order chi connectivity index (χ0) is 11.9. The first-order chi connectivity index (χ1) is 6.89. The van der Waals surface area contributed by atoms with Gasteiger partial charge in [-0.1, -0.05) is 6.92 Å². The minimum Gasteiger partial charge on any atom is -0.444 e. The van der Waals surface area contributed by atoms with E-state index in [0.29, 0.717) is 6.54 Å². The van der Waals surface area contributed by atoms with E-state index in [2.05, 4.69) is 12.2 Å². The largest absolute Gasteiger partial charge is 0.444 e. The van der Waals surface area contributed by atoms with Crippen LogP contribution >= 0.6 is 11.8 Å². The standard InChI is InChI=1S/C10H22N2O2S/c1-5-15-7-8(6-11)12-9(13)14-10(2,3)4/h8H,5-7,11H2,1-4H3,(H,12,13). The monoisotopic (exact) mass is 234 g/mol. The summed E-state index contributed by atoms with van der Waals surface area (Å²) in [5.41, 5.74) is 5.08. The maximum absolute atomic E-state index is 11.4. The fraction of sp³-hybridized carbons (Fsp3) is 0.900. The lowest BCUT2D eigenvalue weighted by Crippen LogP contribution is -2.44. The second-order valence-electron chi connectivity index (χ2n) is 4.24. The highest BCUT2D eigenvalue weighted by Gasteiger charge is 2.18. The molecule has 0 rings (SSSR count). The van der Waals surface area contributed by atoms with Crippen LogP contribution in [0.1, 0.15) is 27.7 Å². The third kappa shape index (κ3) is 8.57. The molecule has 15 heavy (non-hydrogen) atoms. The number of amides is 1. The number of rotatable bonds is 5. The van der Waals surface area contributed by atoms with Crippen LogP contribution in [0.4, 0.5) is 4.79 Å². The number of carbonyl (C=O) groups excluding carboxylic acids is 1. The van der Waals surface area contributed by atoms with Crippen molar-refractivity contribution in [2.45, 2.75) is 39.3 Å². The predicted octanol–water partition coefficient (Wildman–Crippen LogP) is 1.59. The molecule has 0 saturated heterocycles. The summed E-state index contributed by atoms with van der Waals surface area (Å²) in [7, 11) is 0. The van der Waals surface area contributed by atoms with E-state index in [1.54, 1.807) is 11.8 Å². The zero-order valence-corrected chi connectivity index (χ0v) is 10.8. The van der Waals surface area contributed by atoms with Crippen molar-refractivity contribution in [1.29, 1.82) is 0 Å². The van der Waals surface area contributed by atoms with E-state index in [1.165, 1.54) is 0 Å². The number of hydrogen-bond donors (Lipinski definition) is 2. The van der Waals surface area contributed by atoms with Gasteiger partial charge in [-0.2, -0.15) is 11.8 Å². The predicted molar refractivity (Wildman–Crippen MR) is 65.2 cm³/mol. The number of nitrogens with one attached hydrogen (secondary N) is 1. The lowest BCUT2D eigenvalue weighted by Gasteiger charge is -2.22. The molecule has 0 aliphatic rings. The van der Waals surface area contributed by atoms with Crippen molar-refractivity contribution >= 4 is 17.9 Å². The van der Waals surface area contributed by atoms with Gasteiger partial charge >= 0.3 is 6.09 Å². The van der Waals surface area contributed by atoms with Gasteiger partial charge in [0.05, 0.1) is 6.04 Å². The summed E-state index contributed by atoms with van der Waals surface area (Å²) in [5, 5.41) is 2.75. The van der Waals surface area contributed by atoms with Gasteiger partial charge in [0.25, 0.3) is 0 Å². The van der Waals surface area contributed by atoms with Crippen LogP contribution in [0.3, 0.4) is 0 Å². The molecule has 0 heterocycles. The molecule has 0 aromatic rings. The molecule has 0 aliphatic heterocycles. The average molecular weight is 234 g/mol. The first-order valence-corrected chi connectivity index (χ1v) is 6.31. The first-order valence-electron chi connectivity index (χ1n) is 5.16. The van der Waals surface area contributed by atoms with Crippen molar-refractivity contribution in [2.24, 2.45) is 5.73 Å². The number of ether oxygens (including phenoxy) is 1. The number of alkyl carbamates (subject to hydrolysis) is 1. The highest BCUT2D eigenvalue weighted by molar-refractivity contribution is 7.99. The van der Waals surface area contributed by atoms with Crippen LogP contribution in [0, 0.1) is 0 Å². The van der Waals surface area contributed by atoms with Crippen molar-refractivity contribution in [3.05, 3.63) is 0 Å². The molecular formula is C10H22N2O2S. The summed E-state index contributed by atoms with van der Waals surface area (Å²) in [6, 6.07) is -0.00944. The highest BCUT2D eigenvalue weighted by Crippen LogP contribution is 2.07. The maximum Gasteiger partial charge on any atom is 0.407 e. The topological polar surface area (TPSA) is 64.3 Å². The SMILES string of the molecule is CCSCC(CN)NC(=O)OC(C)(C)C. The zero-order valence-electron chi connectivity index (χ0n) is 10.0. The van der Waals surface area contributed by atoms with Crippen molar-refractivity contribution in [3.8, 4) is 0 Å². The van der Waals surface area contributed by atoms with Gasteiger partial charge in [-0.3, -0.25) is 0 Å². The fourth-order valence-electron chi connectivity index (χ4n) is 0.903. The van der Waals surface area contributed by atoms with Crippen LogP contribution < -0.4 is 11.1 Å². The second-order valence-corrected chi connectivity index (χ2v) is 5.56. The maximum atomic E-state index is 11.4. The van der Waals surface area contributed by atoms with Gasteiger partial charge in [0.15, 0.2) is 0 Å². The van der Waals surface area contributed by atoms with Gasteiger partial charge in [-0.25, -0.2) is 4.79 Å². The normalized spacial score (nSPS) is 13.4. The van der Waals surface area contributed by atoms with Crippen LogP contribution in [0.15, 0.2) is 0 Å². The van der Waals surface area contributed by atoms with Crippen molar-refractivity contribution in [1.82, 2.24) is 5.32 Å². The molecule has 0 fully saturated rings. The van der Waals surface area contributed by atoms with E-state index in [4.69, 9.17) is 10.5 Å². The number of carbonyl (C=O) groups is 1. The Labute approximate surface area is 96.3 Å². The molecule has 0 aromatic heterocycles. The Morgan fingerprint density at radius 3 is 2.53 bits per heavy atom. The van der Waals surface area contributed by atoms with Gasteiger partial charge in [0.1, 0.15) is 5.60 Å². The summed E-state index contributed by atoms with van der Waals surface area (Å²) >= 11 is 1.75.